The van der Waals surface area contributed by atoms with Crippen molar-refractivity contribution in [2.24, 2.45) is 0 Å². The maximum Gasteiger partial charge on any atom is 0.237 e. The van der Waals surface area contributed by atoms with Crippen molar-refractivity contribution in [3.63, 3.8) is 0 Å². The van der Waals surface area contributed by atoms with Crippen LogP contribution in [0.1, 0.15) is 24.8 Å². The summed E-state index contributed by atoms with van der Waals surface area (Å²) in [6.45, 7) is 1.37. The van der Waals surface area contributed by atoms with Crippen molar-refractivity contribution in [3.8, 4) is 0 Å². The molecule has 1 saturated heterocycles. The lowest BCUT2D eigenvalue weighted by Gasteiger charge is -2.22. The molecule has 1 amide bonds. The third-order valence-corrected chi connectivity index (χ3v) is 3.01. The molecule has 0 saturated carbocycles. The summed E-state index contributed by atoms with van der Waals surface area (Å²) < 4.78 is 12.7. The van der Waals surface area contributed by atoms with E-state index >= 15 is 0 Å². The van der Waals surface area contributed by atoms with Crippen molar-refractivity contribution in [1.29, 1.82) is 0 Å². The Bertz CT molecular complexity index is 372. The highest BCUT2D eigenvalue weighted by atomic mass is 19.1. The number of nitrogens with one attached hydrogen (secondary N) is 2. The Labute approximate surface area is 100 Å². The largest absolute Gasteiger partial charge is 0.351 e. The average Bonchev–Trinajstić information content (AvgIpc) is 2.39. The number of benzene rings is 1. The SMILES string of the molecule is O=C(NCc1ccc(F)cc1)[C@@H]1CCCCN1. The van der Waals surface area contributed by atoms with E-state index in [2.05, 4.69) is 10.6 Å². The lowest BCUT2D eigenvalue weighted by Crippen LogP contribution is -2.46. The Balaban J connectivity index is 1.81. The molecule has 0 spiro atoms. The molecule has 1 heterocycles. The topological polar surface area (TPSA) is 41.1 Å². The van der Waals surface area contributed by atoms with Crippen LogP contribution in [0, 0.1) is 5.82 Å². The molecule has 2 rings (SSSR count). The van der Waals surface area contributed by atoms with Gasteiger partial charge in [-0.25, -0.2) is 4.39 Å². The molecule has 92 valence electrons. The van der Waals surface area contributed by atoms with E-state index in [1.54, 1.807) is 12.1 Å². The number of carbonyl (C=O) groups is 1. The van der Waals surface area contributed by atoms with Gasteiger partial charge in [0.05, 0.1) is 6.04 Å². The zero-order chi connectivity index (χ0) is 12.1. The number of hydrogen-bond acceptors (Lipinski definition) is 2. The molecule has 0 aromatic heterocycles. The minimum Gasteiger partial charge on any atom is -0.351 e. The van der Waals surface area contributed by atoms with Crippen LogP contribution in [0.4, 0.5) is 4.39 Å². The minimum atomic E-state index is -0.256. The molecule has 4 heteroatoms. The van der Waals surface area contributed by atoms with Crippen LogP contribution >= 0.6 is 0 Å². The van der Waals surface area contributed by atoms with Crippen LogP contribution in [0.15, 0.2) is 24.3 Å². The van der Waals surface area contributed by atoms with Gasteiger partial charge in [-0.3, -0.25) is 4.79 Å². The maximum atomic E-state index is 12.7. The third kappa shape index (κ3) is 3.53. The summed E-state index contributed by atoms with van der Waals surface area (Å²) in [7, 11) is 0. The smallest absolute Gasteiger partial charge is 0.237 e. The fourth-order valence-electron chi connectivity index (χ4n) is 1.99. The summed E-state index contributed by atoms with van der Waals surface area (Å²) in [5, 5.41) is 6.06. The summed E-state index contributed by atoms with van der Waals surface area (Å²) in [6, 6.07) is 6.11. The predicted octanol–water partition coefficient (Wildman–Crippen LogP) is 1.58. The summed E-state index contributed by atoms with van der Waals surface area (Å²) in [5.41, 5.74) is 0.913. The first-order valence-corrected chi connectivity index (χ1v) is 6.01. The summed E-state index contributed by atoms with van der Waals surface area (Å²) in [4.78, 5) is 11.8. The number of piperidine rings is 1. The van der Waals surface area contributed by atoms with Crippen LogP contribution in [0.25, 0.3) is 0 Å². The van der Waals surface area contributed by atoms with E-state index in [0.29, 0.717) is 6.54 Å². The summed E-state index contributed by atoms with van der Waals surface area (Å²) >= 11 is 0. The first-order valence-electron chi connectivity index (χ1n) is 6.01. The molecule has 1 aliphatic heterocycles. The summed E-state index contributed by atoms with van der Waals surface area (Å²) in [6.07, 6.45) is 3.14. The van der Waals surface area contributed by atoms with Crippen LogP contribution in [0.5, 0.6) is 0 Å². The van der Waals surface area contributed by atoms with Crippen molar-refractivity contribution < 1.29 is 9.18 Å². The second-order valence-corrected chi connectivity index (χ2v) is 4.35. The first kappa shape index (κ1) is 12.0. The van der Waals surface area contributed by atoms with Gasteiger partial charge in [-0.1, -0.05) is 18.6 Å². The lowest BCUT2D eigenvalue weighted by molar-refractivity contribution is -0.123. The van der Waals surface area contributed by atoms with E-state index in [1.807, 2.05) is 0 Å². The molecule has 17 heavy (non-hydrogen) atoms. The van der Waals surface area contributed by atoms with Crippen LogP contribution in [0.3, 0.4) is 0 Å². The molecule has 0 bridgehead atoms. The summed E-state index contributed by atoms with van der Waals surface area (Å²) in [5.74, 6) is -0.219. The molecule has 0 unspecified atom stereocenters. The van der Waals surface area contributed by atoms with Gasteiger partial charge in [-0.2, -0.15) is 0 Å². The zero-order valence-corrected chi connectivity index (χ0v) is 9.71. The molecule has 1 aromatic rings. The second-order valence-electron chi connectivity index (χ2n) is 4.35. The number of rotatable bonds is 3. The second kappa shape index (κ2) is 5.77. The molecular weight excluding hydrogens is 219 g/mol. The standard InChI is InChI=1S/C13H17FN2O/c14-11-6-4-10(5-7-11)9-16-13(17)12-3-1-2-8-15-12/h4-7,12,15H,1-3,8-9H2,(H,16,17)/t12-/m0/s1. The molecule has 0 radical (unpaired) electrons. The Morgan fingerprint density at radius 1 is 1.35 bits per heavy atom. The maximum absolute atomic E-state index is 12.7. The number of halogens is 1. The van der Waals surface area contributed by atoms with E-state index in [1.165, 1.54) is 12.1 Å². The number of carbonyl (C=O) groups excluding carboxylic acids is 1. The third-order valence-electron chi connectivity index (χ3n) is 3.01. The van der Waals surface area contributed by atoms with Crippen molar-refractivity contribution in [1.82, 2.24) is 10.6 Å². The van der Waals surface area contributed by atoms with Crippen molar-refractivity contribution in [2.75, 3.05) is 6.54 Å². The van der Waals surface area contributed by atoms with Crippen molar-refractivity contribution >= 4 is 5.91 Å². The van der Waals surface area contributed by atoms with Gasteiger partial charge in [0, 0.05) is 6.54 Å². The monoisotopic (exact) mass is 236 g/mol. The van der Waals surface area contributed by atoms with Crippen LogP contribution < -0.4 is 10.6 Å². The Hall–Kier alpha value is -1.42. The fourth-order valence-corrected chi connectivity index (χ4v) is 1.99. The van der Waals surface area contributed by atoms with Gasteiger partial charge in [0.25, 0.3) is 0 Å². The highest BCUT2D eigenvalue weighted by Crippen LogP contribution is 2.07. The van der Waals surface area contributed by atoms with Gasteiger partial charge in [0.15, 0.2) is 0 Å². The average molecular weight is 236 g/mol. The Kier molecular flexibility index (Phi) is 4.09. The van der Waals surface area contributed by atoms with Crippen LogP contribution in [-0.2, 0) is 11.3 Å². The van der Waals surface area contributed by atoms with E-state index in [4.69, 9.17) is 0 Å². The molecule has 3 nitrogen and oxygen atoms in total. The highest BCUT2D eigenvalue weighted by molar-refractivity contribution is 5.81. The Morgan fingerprint density at radius 3 is 2.76 bits per heavy atom. The first-order chi connectivity index (χ1) is 8.25. The molecule has 1 aromatic carbocycles. The van der Waals surface area contributed by atoms with Crippen LogP contribution in [0.2, 0.25) is 0 Å². The lowest BCUT2D eigenvalue weighted by atomic mass is 10.0. The molecule has 1 fully saturated rings. The molecule has 2 N–H and O–H groups in total. The zero-order valence-electron chi connectivity index (χ0n) is 9.71. The predicted molar refractivity (Wildman–Crippen MR) is 63.9 cm³/mol. The molecular formula is C13H17FN2O. The quantitative estimate of drug-likeness (QED) is 0.836. The number of amides is 1. The number of hydrogen-bond donors (Lipinski definition) is 2. The van der Waals surface area contributed by atoms with Crippen molar-refractivity contribution in [3.05, 3.63) is 35.6 Å². The highest BCUT2D eigenvalue weighted by Gasteiger charge is 2.19. The van der Waals surface area contributed by atoms with E-state index in [-0.39, 0.29) is 17.8 Å². The molecule has 0 aliphatic carbocycles. The van der Waals surface area contributed by atoms with E-state index in [0.717, 1.165) is 31.4 Å². The normalized spacial score (nSPS) is 19.9. The van der Waals surface area contributed by atoms with Gasteiger partial charge < -0.3 is 10.6 Å². The van der Waals surface area contributed by atoms with Gasteiger partial charge in [0.2, 0.25) is 5.91 Å². The van der Waals surface area contributed by atoms with Crippen molar-refractivity contribution in [2.45, 2.75) is 31.8 Å². The molecule has 1 aliphatic rings. The van der Waals surface area contributed by atoms with Gasteiger partial charge in [-0.15, -0.1) is 0 Å². The Morgan fingerprint density at radius 2 is 2.12 bits per heavy atom. The molecule has 1 atom stereocenters. The van der Waals surface area contributed by atoms with Gasteiger partial charge >= 0.3 is 0 Å². The van der Waals surface area contributed by atoms with Gasteiger partial charge in [-0.05, 0) is 37.1 Å². The van der Waals surface area contributed by atoms with Crippen LogP contribution in [-0.4, -0.2) is 18.5 Å². The minimum absolute atomic E-state index is 0.0361. The van der Waals surface area contributed by atoms with E-state index in [9.17, 15) is 9.18 Å². The fraction of sp³-hybridized carbons (Fsp3) is 0.462. The van der Waals surface area contributed by atoms with E-state index < -0.39 is 0 Å². The van der Waals surface area contributed by atoms with Gasteiger partial charge in [0.1, 0.15) is 5.82 Å².